The summed E-state index contributed by atoms with van der Waals surface area (Å²) in [4.78, 5) is 21.4. The van der Waals surface area contributed by atoms with Crippen molar-refractivity contribution < 1.29 is 14.3 Å². The molecule has 3 rings (SSSR count). The molecule has 28 heavy (non-hydrogen) atoms. The van der Waals surface area contributed by atoms with Crippen LogP contribution in [0, 0.1) is 6.92 Å². The van der Waals surface area contributed by atoms with Crippen LogP contribution in [0.2, 0.25) is 0 Å². The van der Waals surface area contributed by atoms with E-state index in [0.717, 1.165) is 42.9 Å². The molecule has 0 fully saturated rings. The van der Waals surface area contributed by atoms with Crippen molar-refractivity contribution in [2.75, 3.05) is 25.1 Å². The smallest absolute Gasteiger partial charge is 0.274 e. The van der Waals surface area contributed by atoms with Gasteiger partial charge in [-0.25, -0.2) is 4.98 Å². The molecule has 0 saturated heterocycles. The molecule has 6 heteroatoms. The van der Waals surface area contributed by atoms with Crippen molar-refractivity contribution in [3.63, 3.8) is 0 Å². The summed E-state index contributed by atoms with van der Waals surface area (Å²) < 4.78 is 11.1. The van der Waals surface area contributed by atoms with E-state index < -0.39 is 0 Å². The lowest BCUT2D eigenvalue weighted by molar-refractivity contribution is 0.102. The summed E-state index contributed by atoms with van der Waals surface area (Å²) in [5, 5.41) is 2.90. The van der Waals surface area contributed by atoms with Crippen molar-refractivity contribution in [2.24, 2.45) is 0 Å². The summed E-state index contributed by atoms with van der Waals surface area (Å²) in [5.74, 6) is 0.471. The lowest BCUT2D eigenvalue weighted by atomic mass is 10.1. The molecular formula is C22H25N3O3. The topological polar surface area (TPSA) is 73.3 Å². The molecule has 0 spiro atoms. The van der Waals surface area contributed by atoms with Crippen LogP contribution >= 0.6 is 0 Å². The summed E-state index contributed by atoms with van der Waals surface area (Å²) in [7, 11) is 0. The molecule has 0 aliphatic rings. The van der Waals surface area contributed by atoms with E-state index in [1.165, 1.54) is 0 Å². The number of aryl methyl sites for hydroxylation is 1. The van der Waals surface area contributed by atoms with Crippen LogP contribution in [0.25, 0.3) is 11.0 Å². The van der Waals surface area contributed by atoms with Crippen molar-refractivity contribution >= 4 is 22.6 Å². The minimum atomic E-state index is -0.253. The van der Waals surface area contributed by atoms with Crippen LogP contribution in [0.1, 0.15) is 35.8 Å². The number of ether oxygens (including phenoxy) is 2. The van der Waals surface area contributed by atoms with Gasteiger partial charge in [0.05, 0.1) is 17.6 Å². The number of carbonyl (C=O) groups excluding carboxylic acids is 1. The Hall–Kier alpha value is -2.99. The number of carbonyl (C=O) groups is 1. The quantitative estimate of drug-likeness (QED) is 0.558. The van der Waals surface area contributed by atoms with Gasteiger partial charge in [-0.15, -0.1) is 0 Å². The van der Waals surface area contributed by atoms with E-state index in [0.29, 0.717) is 23.5 Å². The van der Waals surface area contributed by atoms with Crippen LogP contribution in [-0.2, 0) is 4.74 Å². The average molecular weight is 379 g/mol. The predicted molar refractivity (Wildman–Crippen MR) is 110 cm³/mol. The van der Waals surface area contributed by atoms with E-state index in [2.05, 4.69) is 15.3 Å². The number of unbranched alkanes of at least 4 members (excludes halogenated alkanes) is 1. The first kappa shape index (κ1) is 19.8. The maximum Gasteiger partial charge on any atom is 0.274 e. The van der Waals surface area contributed by atoms with Crippen LogP contribution in [0.4, 0.5) is 5.69 Å². The summed E-state index contributed by atoms with van der Waals surface area (Å²) in [6.07, 6.45) is 3.60. The lowest BCUT2D eigenvalue weighted by Crippen LogP contribution is -2.15. The first-order valence-electron chi connectivity index (χ1n) is 9.51. The minimum absolute atomic E-state index is 0.253. The third-order valence-corrected chi connectivity index (χ3v) is 4.24. The van der Waals surface area contributed by atoms with Crippen LogP contribution in [0.3, 0.4) is 0 Å². The van der Waals surface area contributed by atoms with Crippen molar-refractivity contribution in [1.29, 1.82) is 0 Å². The minimum Gasteiger partial charge on any atom is -0.494 e. The third-order valence-electron chi connectivity index (χ3n) is 4.24. The van der Waals surface area contributed by atoms with Gasteiger partial charge in [-0.3, -0.25) is 9.78 Å². The van der Waals surface area contributed by atoms with Crippen LogP contribution < -0.4 is 10.1 Å². The van der Waals surface area contributed by atoms with Gasteiger partial charge in [-0.2, -0.15) is 0 Å². The zero-order valence-electron chi connectivity index (χ0n) is 16.3. The van der Waals surface area contributed by atoms with Gasteiger partial charge in [0.2, 0.25) is 0 Å². The normalized spacial score (nSPS) is 10.8. The number of nitrogens with zero attached hydrogens (tertiary/aromatic N) is 2. The molecule has 1 amide bonds. The fourth-order valence-corrected chi connectivity index (χ4v) is 2.82. The van der Waals surface area contributed by atoms with Crippen LogP contribution in [0.15, 0.2) is 48.7 Å². The molecule has 0 atom stereocenters. The van der Waals surface area contributed by atoms with Gasteiger partial charge in [0.15, 0.2) is 0 Å². The zero-order valence-corrected chi connectivity index (χ0v) is 16.3. The molecule has 0 radical (unpaired) electrons. The number of pyridine rings is 2. The van der Waals surface area contributed by atoms with Gasteiger partial charge in [-0.05, 0) is 62.6 Å². The van der Waals surface area contributed by atoms with Gasteiger partial charge in [0.1, 0.15) is 11.4 Å². The Bertz CT molecular complexity index is 943. The van der Waals surface area contributed by atoms with E-state index in [1.54, 1.807) is 6.20 Å². The Kier molecular flexibility index (Phi) is 6.92. The van der Waals surface area contributed by atoms with E-state index in [4.69, 9.17) is 9.47 Å². The van der Waals surface area contributed by atoms with E-state index >= 15 is 0 Å². The first-order chi connectivity index (χ1) is 13.7. The number of hydrogen-bond acceptors (Lipinski definition) is 5. The molecule has 0 unspecified atom stereocenters. The summed E-state index contributed by atoms with van der Waals surface area (Å²) in [6.45, 7) is 5.96. The predicted octanol–water partition coefficient (Wildman–Crippen LogP) is 4.39. The van der Waals surface area contributed by atoms with Gasteiger partial charge in [0, 0.05) is 31.2 Å². The molecule has 2 aromatic heterocycles. The number of fused-ring (bicyclic) bond motifs is 1. The monoisotopic (exact) mass is 379 g/mol. The van der Waals surface area contributed by atoms with Gasteiger partial charge in [0.25, 0.3) is 5.91 Å². The second-order valence-electron chi connectivity index (χ2n) is 6.43. The molecule has 0 aliphatic heterocycles. The first-order valence-corrected chi connectivity index (χ1v) is 9.51. The Labute approximate surface area is 164 Å². The van der Waals surface area contributed by atoms with Crippen molar-refractivity contribution in [3.05, 3.63) is 59.9 Å². The lowest BCUT2D eigenvalue weighted by Gasteiger charge is -2.10. The molecule has 6 nitrogen and oxygen atoms in total. The molecule has 0 bridgehead atoms. The molecule has 0 saturated carbocycles. The molecule has 2 heterocycles. The maximum absolute atomic E-state index is 12.7. The number of benzene rings is 1. The summed E-state index contributed by atoms with van der Waals surface area (Å²) in [5.41, 5.74) is 3.32. The standard InChI is InChI=1S/C22H25N3O3/c1-3-27-12-4-5-13-28-18-9-6-8-17(15-18)24-22(26)21-16(2)14-20-19(25-21)10-7-11-23-20/h6-11,14-15H,3-5,12-13H2,1-2H3,(H,24,26). The Balaban J connectivity index is 1.62. The summed E-state index contributed by atoms with van der Waals surface area (Å²) in [6, 6.07) is 12.9. The maximum atomic E-state index is 12.7. The highest BCUT2D eigenvalue weighted by Gasteiger charge is 2.13. The number of hydrogen-bond donors (Lipinski definition) is 1. The van der Waals surface area contributed by atoms with Crippen LogP contribution in [0.5, 0.6) is 5.75 Å². The zero-order chi connectivity index (χ0) is 19.8. The van der Waals surface area contributed by atoms with Crippen molar-refractivity contribution in [3.8, 4) is 5.75 Å². The largest absolute Gasteiger partial charge is 0.494 e. The number of amides is 1. The Morgan fingerprint density at radius 1 is 1.07 bits per heavy atom. The number of anilines is 1. The number of rotatable bonds is 9. The fourth-order valence-electron chi connectivity index (χ4n) is 2.82. The highest BCUT2D eigenvalue weighted by atomic mass is 16.5. The highest BCUT2D eigenvalue weighted by molar-refractivity contribution is 6.05. The van der Waals surface area contributed by atoms with Gasteiger partial charge >= 0.3 is 0 Å². The van der Waals surface area contributed by atoms with E-state index in [1.807, 2.05) is 56.3 Å². The molecule has 0 aliphatic carbocycles. The van der Waals surface area contributed by atoms with Crippen LogP contribution in [-0.4, -0.2) is 35.7 Å². The second kappa shape index (κ2) is 9.80. The number of aromatic nitrogens is 2. The highest BCUT2D eigenvalue weighted by Crippen LogP contribution is 2.20. The van der Waals surface area contributed by atoms with Gasteiger partial charge < -0.3 is 14.8 Å². The SMILES string of the molecule is CCOCCCCOc1cccc(NC(=O)c2nc3cccnc3cc2C)c1. The summed E-state index contributed by atoms with van der Waals surface area (Å²) >= 11 is 0. The van der Waals surface area contributed by atoms with Crippen molar-refractivity contribution in [1.82, 2.24) is 9.97 Å². The molecular weight excluding hydrogens is 354 g/mol. The van der Waals surface area contributed by atoms with Gasteiger partial charge in [-0.1, -0.05) is 6.07 Å². The molecule has 1 aromatic carbocycles. The fraction of sp³-hybridized carbons (Fsp3) is 0.318. The molecule has 1 N–H and O–H groups in total. The second-order valence-corrected chi connectivity index (χ2v) is 6.43. The Morgan fingerprint density at radius 3 is 2.79 bits per heavy atom. The average Bonchev–Trinajstić information content (AvgIpc) is 2.70. The Morgan fingerprint density at radius 2 is 1.93 bits per heavy atom. The van der Waals surface area contributed by atoms with E-state index in [-0.39, 0.29) is 5.91 Å². The van der Waals surface area contributed by atoms with Crippen molar-refractivity contribution in [2.45, 2.75) is 26.7 Å². The van der Waals surface area contributed by atoms with E-state index in [9.17, 15) is 4.79 Å². The number of nitrogens with one attached hydrogen (secondary N) is 1. The molecule has 146 valence electrons. The third kappa shape index (κ3) is 5.27. The molecule has 3 aromatic rings.